The van der Waals surface area contributed by atoms with Crippen LogP contribution in [0.3, 0.4) is 0 Å². The monoisotopic (exact) mass is 372 g/mol. The Kier molecular flexibility index (Phi) is 4.49. The van der Waals surface area contributed by atoms with Crippen molar-refractivity contribution >= 4 is 28.8 Å². The summed E-state index contributed by atoms with van der Waals surface area (Å²) in [6, 6.07) is 23.8. The fourth-order valence-electron chi connectivity index (χ4n) is 3.30. The second-order valence-electron chi connectivity index (χ2n) is 6.41. The van der Waals surface area contributed by atoms with Gasteiger partial charge in [-0.2, -0.15) is 0 Å². The number of benzene rings is 3. The minimum atomic E-state index is -0.443. The van der Waals surface area contributed by atoms with Gasteiger partial charge in [0.1, 0.15) is 11.5 Å². The summed E-state index contributed by atoms with van der Waals surface area (Å²) >= 11 is 0. The molecule has 0 aromatic heterocycles. The molecule has 0 radical (unpaired) electrons. The highest BCUT2D eigenvalue weighted by Crippen LogP contribution is 2.35. The van der Waals surface area contributed by atoms with Crippen LogP contribution in [-0.4, -0.2) is 18.9 Å². The molecular formula is C23H17FN2O2. The Bertz CT molecular complexity index is 1060. The van der Waals surface area contributed by atoms with Gasteiger partial charge in [0.2, 0.25) is 0 Å². The molecule has 5 heteroatoms. The van der Waals surface area contributed by atoms with Crippen LogP contribution in [0.1, 0.15) is 5.56 Å². The molecule has 0 aliphatic carbocycles. The molecule has 4 rings (SSSR count). The van der Waals surface area contributed by atoms with Crippen molar-refractivity contribution in [3.8, 4) is 0 Å². The molecule has 0 N–H and O–H groups in total. The van der Waals surface area contributed by atoms with Gasteiger partial charge in [-0.05, 0) is 42.0 Å². The molecule has 138 valence electrons. The average Bonchev–Trinajstić information content (AvgIpc) is 2.99. The molecule has 0 unspecified atom stereocenters. The number of para-hydroxylation sites is 1. The first kappa shape index (κ1) is 17.7. The molecule has 0 spiro atoms. The first-order valence-electron chi connectivity index (χ1n) is 8.81. The van der Waals surface area contributed by atoms with E-state index in [0.29, 0.717) is 16.8 Å². The number of anilines is 2. The summed E-state index contributed by atoms with van der Waals surface area (Å²) < 4.78 is 13.3. The van der Waals surface area contributed by atoms with Crippen LogP contribution in [0, 0.1) is 5.82 Å². The number of imide groups is 1. The lowest BCUT2D eigenvalue weighted by Gasteiger charge is -2.21. The number of hydrogen-bond acceptors (Lipinski definition) is 3. The van der Waals surface area contributed by atoms with Gasteiger partial charge in [-0.3, -0.25) is 9.59 Å². The Labute approximate surface area is 162 Å². The number of hydrogen-bond donors (Lipinski definition) is 0. The quantitative estimate of drug-likeness (QED) is 0.643. The summed E-state index contributed by atoms with van der Waals surface area (Å²) in [5.41, 5.74) is 2.38. The van der Waals surface area contributed by atoms with Gasteiger partial charge in [-0.1, -0.05) is 48.5 Å². The van der Waals surface area contributed by atoms with Gasteiger partial charge in [0.25, 0.3) is 11.8 Å². The summed E-state index contributed by atoms with van der Waals surface area (Å²) in [6.45, 7) is 0. The highest BCUT2D eigenvalue weighted by Gasteiger charge is 2.42. The maximum atomic E-state index is 13.3. The predicted octanol–water partition coefficient (Wildman–Crippen LogP) is 4.25. The Morgan fingerprint density at radius 1 is 0.750 bits per heavy atom. The lowest BCUT2D eigenvalue weighted by atomic mass is 10.0. The maximum Gasteiger partial charge on any atom is 0.282 e. The van der Waals surface area contributed by atoms with Gasteiger partial charge in [0.05, 0.1) is 11.3 Å². The van der Waals surface area contributed by atoms with Crippen molar-refractivity contribution in [1.29, 1.82) is 0 Å². The third kappa shape index (κ3) is 2.97. The van der Waals surface area contributed by atoms with Gasteiger partial charge in [-0.15, -0.1) is 0 Å². The first-order chi connectivity index (χ1) is 13.6. The number of amides is 2. The van der Waals surface area contributed by atoms with E-state index >= 15 is 0 Å². The fraction of sp³-hybridized carbons (Fsp3) is 0.0435. The molecule has 1 aliphatic heterocycles. The Hall–Kier alpha value is -3.73. The molecule has 0 fully saturated rings. The summed E-state index contributed by atoms with van der Waals surface area (Å²) in [4.78, 5) is 29.4. The van der Waals surface area contributed by atoms with E-state index in [2.05, 4.69) is 0 Å². The maximum absolute atomic E-state index is 13.3. The van der Waals surface area contributed by atoms with Crippen molar-refractivity contribution in [2.24, 2.45) is 0 Å². The molecule has 0 bridgehead atoms. The van der Waals surface area contributed by atoms with Crippen LogP contribution in [0.25, 0.3) is 5.57 Å². The fourth-order valence-corrected chi connectivity index (χ4v) is 3.30. The molecular weight excluding hydrogens is 355 g/mol. The minimum absolute atomic E-state index is 0.284. The number of halogens is 1. The zero-order chi connectivity index (χ0) is 19.7. The highest BCUT2D eigenvalue weighted by molar-refractivity contribution is 6.46. The van der Waals surface area contributed by atoms with Crippen LogP contribution in [-0.2, 0) is 9.59 Å². The van der Waals surface area contributed by atoms with E-state index in [0.717, 1.165) is 10.6 Å². The number of rotatable bonds is 4. The van der Waals surface area contributed by atoms with Crippen molar-refractivity contribution in [3.05, 3.63) is 102 Å². The van der Waals surface area contributed by atoms with Gasteiger partial charge in [-0.25, -0.2) is 9.29 Å². The molecule has 0 atom stereocenters. The van der Waals surface area contributed by atoms with Crippen molar-refractivity contribution in [3.63, 3.8) is 0 Å². The van der Waals surface area contributed by atoms with Gasteiger partial charge in [0, 0.05) is 12.7 Å². The zero-order valence-electron chi connectivity index (χ0n) is 15.2. The van der Waals surface area contributed by atoms with Crippen LogP contribution in [0.2, 0.25) is 0 Å². The third-order valence-electron chi connectivity index (χ3n) is 4.69. The molecule has 0 saturated heterocycles. The van der Waals surface area contributed by atoms with Gasteiger partial charge < -0.3 is 4.90 Å². The van der Waals surface area contributed by atoms with Crippen molar-refractivity contribution in [2.45, 2.75) is 0 Å². The Morgan fingerprint density at radius 3 is 1.93 bits per heavy atom. The minimum Gasteiger partial charge on any atom is -0.339 e. The zero-order valence-corrected chi connectivity index (χ0v) is 15.2. The lowest BCUT2D eigenvalue weighted by Crippen LogP contribution is -2.34. The molecule has 2 amide bonds. The van der Waals surface area contributed by atoms with E-state index < -0.39 is 17.6 Å². The SMILES string of the molecule is CN(C1=C(c2ccccc2)C(=O)N(c2ccc(F)cc2)C1=O)c1ccccc1. The lowest BCUT2D eigenvalue weighted by molar-refractivity contribution is -0.120. The van der Waals surface area contributed by atoms with E-state index in [9.17, 15) is 14.0 Å². The number of nitrogens with zero attached hydrogens (tertiary/aromatic N) is 2. The summed E-state index contributed by atoms with van der Waals surface area (Å²) in [5, 5.41) is 0. The van der Waals surface area contributed by atoms with Gasteiger partial charge in [0.15, 0.2) is 0 Å². The second-order valence-corrected chi connectivity index (χ2v) is 6.41. The van der Waals surface area contributed by atoms with Crippen LogP contribution < -0.4 is 9.80 Å². The summed E-state index contributed by atoms with van der Waals surface area (Å²) in [6.07, 6.45) is 0. The normalized spacial score (nSPS) is 14.0. The molecule has 1 aliphatic rings. The van der Waals surface area contributed by atoms with E-state index in [-0.39, 0.29) is 5.70 Å². The number of carbonyl (C=O) groups excluding carboxylic acids is 2. The second kappa shape index (κ2) is 7.12. The van der Waals surface area contributed by atoms with Crippen LogP contribution >= 0.6 is 0 Å². The molecule has 3 aromatic rings. The highest BCUT2D eigenvalue weighted by atomic mass is 19.1. The van der Waals surface area contributed by atoms with Crippen molar-refractivity contribution in [2.75, 3.05) is 16.8 Å². The van der Waals surface area contributed by atoms with Gasteiger partial charge >= 0.3 is 0 Å². The molecule has 4 nitrogen and oxygen atoms in total. The molecule has 3 aromatic carbocycles. The van der Waals surface area contributed by atoms with E-state index in [1.165, 1.54) is 24.3 Å². The molecule has 1 heterocycles. The van der Waals surface area contributed by atoms with E-state index in [4.69, 9.17) is 0 Å². The molecule has 0 saturated carbocycles. The van der Waals surface area contributed by atoms with E-state index in [1.54, 1.807) is 24.1 Å². The smallest absolute Gasteiger partial charge is 0.282 e. The molecule has 28 heavy (non-hydrogen) atoms. The largest absolute Gasteiger partial charge is 0.339 e. The topological polar surface area (TPSA) is 40.6 Å². The van der Waals surface area contributed by atoms with Crippen molar-refractivity contribution < 1.29 is 14.0 Å². The Balaban J connectivity index is 1.86. The third-order valence-corrected chi connectivity index (χ3v) is 4.69. The standard InChI is InChI=1S/C23H17FN2O2/c1-25(18-10-6-3-7-11-18)21-20(16-8-4-2-5-9-16)22(27)26(23(21)28)19-14-12-17(24)13-15-19/h2-15H,1H3. The predicted molar refractivity (Wildman–Crippen MR) is 107 cm³/mol. The summed E-state index contributed by atoms with van der Waals surface area (Å²) in [5.74, 6) is -1.30. The number of carbonyl (C=O) groups is 2. The Morgan fingerprint density at radius 2 is 1.32 bits per heavy atom. The average molecular weight is 372 g/mol. The summed E-state index contributed by atoms with van der Waals surface area (Å²) in [7, 11) is 1.76. The van der Waals surface area contributed by atoms with Crippen LogP contribution in [0.15, 0.2) is 90.6 Å². The van der Waals surface area contributed by atoms with Crippen molar-refractivity contribution in [1.82, 2.24) is 0 Å². The van der Waals surface area contributed by atoms with Crippen LogP contribution in [0.4, 0.5) is 15.8 Å². The first-order valence-corrected chi connectivity index (χ1v) is 8.81. The van der Waals surface area contributed by atoms with Crippen LogP contribution in [0.5, 0.6) is 0 Å². The number of likely N-dealkylation sites (N-methyl/N-ethyl adjacent to an activating group) is 1. The van der Waals surface area contributed by atoms with E-state index in [1.807, 2.05) is 48.5 Å².